The lowest BCUT2D eigenvalue weighted by Gasteiger charge is -2.02. The highest BCUT2D eigenvalue weighted by Crippen LogP contribution is 2.18. The molecule has 0 radical (unpaired) electrons. The van der Waals surface area contributed by atoms with Gasteiger partial charge in [0.1, 0.15) is 10.1 Å². The van der Waals surface area contributed by atoms with E-state index in [4.69, 9.17) is 58.2 Å². The molecule has 8 nitrogen and oxygen atoms in total. The van der Waals surface area contributed by atoms with Crippen LogP contribution < -0.4 is 11.5 Å². The minimum Gasteiger partial charge on any atom is -0.399 e. The number of carbonyl (C=O) groups is 4. The molecular weight excluding hydrogens is 514 g/mol. The minimum absolute atomic E-state index is 0.144. The zero-order valence-corrected chi connectivity index (χ0v) is 19.7. The van der Waals surface area contributed by atoms with Crippen LogP contribution in [0.1, 0.15) is 11.1 Å². The molecule has 12 heteroatoms. The highest BCUT2D eigenvalue weighted by atomic mass is 35.5. The van der Waals surface area contributed by atoms with E-state index in [1.807, 2.05) is 48.5 Å². The number of nitrogens with zero attached hydrogens (tertiary/aromatic N) is 2. The number of carbonyl (C=O) groups excluding carboxylic acids is 4. The molecule has 4 amide bonds. The predicted molar refractivity (Wildman–Crippen MR) is 128 cm³/mol. The number of hydrogen-bond acceptors (Lipinski definition) is 6. The van der Waals surface area contributed by atoms with Crippen LogP contribution in [0.3, 0.4) is 0 Å². The summed E-state index contributed by atoms with van der Waals surface area (Å²) in [5, 5.41) is -0.287. The second kappa shape index (κ2) is 11.7. The van der Waals surface area contributed by atoms with Gasteiger partial charge in [-0.05, 0) is 41.8 Å². The van der Waals surface area contributed by atoms with Gasteiger partial charge in [0.2, 0.25) is 0 Å². The molecule has 0 fully saturated rings. The van der Waals surface area contributed by atoms with E-state index in [0.29, 0.717) is 8.84 Å². The Labute approximate surface area is 209 Å². The summed E-state index contributed by atoms with van der Waals surface area (Å²) >= 11 is 20.6. The number of anilines is 2. The number of benzene rings is 2. The molecule has 0 saturated heterocycles. The summed E-state index contributed by atoms with van der Waals surface area (Å²) in [5.41, 5.74) is 15.4. The van der Waals surface area contributed by atoms with Gasteiger partial charge in [0.15, 0.2) is 0 Å². The normalized spacial score (nSPS) is 14.9. The summed E-state index contributed by atoms with van der Waals surface area (Å²) in [4.78, 5) is 41.8. The van der Waals surface area contributed by atoms with Crippen LogP contribution in [0, 0.1) is 0 Å². The molecule has 2 aliphatic rings. The second-order valence-electron chi connectivity index (χ2n) is 6.49. The predicted octanol–water partition coefficient (Wildman–Crippen LogP) is 3.71. The molecule has 33 heavy (non-hydrogen) atoms. The van der Waals surface area contributed by atoms with Crippen molar-refractivity contribution >= 4 is 81.8 Å². The first kappa shape index (κ1) is 26.2. The average Bonchev–Trinajstić information content (AvgIpc) is 3.14. The van der Waals surface area contributed by atoms with E-state index in [1.165, 1.54) is 11.1 Å². The molecular formula is C21H16Cl4N4O4. The molecule has 0 unspecified atom stereocenters. The number of nitrogens with two attached hydrogens (primary N) is 2. The topological polar surface area (TPSA) is 127 Å². The van der Waals surface area contributed by atoms with Gasteiger partial charge in [0, 0.05) is 47.1 Å². The Morgan fingerprint density at radius 2 is 0.909 bits per heavy atom. The maximum atomic E-state index is 10.5. The summed E-state index contributed by atoms with van der Waals surface area (Å²) in [5.74, 6) is -2.51. The summed E-state index contributed by atoms with van der Waals surface area (Å²) in [6, 6.07) is 15.9. The van der Waals surface area contributed by atoms with E-state index in [-0.39, 0.29) is 10.1 Å². The summed E-state index contributed by atoms with van der Waals surface area (Å²) in [6.45, 7) is 0. The van der Waals surface area contributed by atoms with Gasteiger partial charge >= 0.3 is 0 Å². The zero-order valence-electron chi connectivity index (χ0n) is 16.7. The highest BCUT2D eigenvalue weighted by molar-refractivity contribution is 6.52. The lowest BCUT2D eigenvalue weighted by Crippen LogP contribution is -2.19. The van der Waals surface area contributed by atoms with Crippen molar-refractivity contribution in [1.82, 2.24) is 8.84 Å². The molecule has 0 bridgehead atoms. The first-order valence-corrected chi connectivity index (χ1v) is 10.4. The van der Waals surface area contributed by atoms with Gasteiger partial charge in [-0.2, -0.15) is 8.84 Å². The van der Waals surface area contributed by atoms with E-state index < -0.39 is 23.6 Å². The number of nitrogen functional groups attached to an aromatic ring is 2. The van der Waals surface area contributed by atoms with Crippen molar-refractivity contribution in [3.05, 3.63) is 81.9 Å². The third kappa shape index (κ3) is 7.50. The first-order valence-electron chi connectivity index (χ1n) is 9.01. The van der Waals surface area contributed by atoms with E-state index in [2.05, 4.69) is 0 Å². The smallest absolute Gasteiger partial charge is 0.287 e. The van der Waals surface area contributed by atoms with Crippen LogP contribution in [0.15, 0.2) is 70.7 Å². The SMILES string of the molecule is Nc1ccc(Cc2ccc(N)cc2)cc1.O=C1C=C(Cl)C(=O)N1Cl.O=C1C=C(Cl)C(=O)N1Cl. The Morgan fingerprint density at radius 3 is 1.09 bits per heavy atom. The van der Waals surface area contributed by atoms with Crippen LogP contribution in [-0.2, 0) is 25.6 Å². The van der Waals surface area contributed by atoms with Crippen molar-refractivity contribution in [2.24, 2.45) is 0 Å². The maximum absolute atomic E-state index is 10.5. The molecule has 0 aromatic heterocycles. The Kier molecular flexibility index (Phi) is 9.31. The fourth-order valence-electron chi connectivity index (χ4n) is 2.35. The van der Waals surface area contributed by atoms with Crippen molar-refractivity contribution in [3.63, 3.8) is 0 Å². The molecule has 0 atom stereocenters. The Hall–Kier alpha value is -3.04. The van der Waals surface area contributed by atoms with Gasteiger partial charge in [-0.15, -0.1) is 0 Å². The third-order valence-electron chi connectivity index (χ3n) is 4.02. The largest absolute Gasteiger partial charge is 0.399 e. The van der Waals surface area contributed by atoms with E-state index in [9.17, 15) is 19.2 Å². The van der Waals surface area contributed by atoms with Crippen molar-refractivity contribution in [2.45, 2.75) is 6.42 Å². The Bertz CT molecular complexity index is 1040. The number of halogens is 4. The van der Waals surface area contributed by atoms with Crippen LogP contribution in [-0.4, -0.2) is 32.5 Å². The number of imide groups is 2. The molecule has 2 aliphatic heterocycles. The van der Waals surface area contributed by atoms with Crippen LogP contribution in [0.4, 0.5) is 11.4 Å². The van der Waals surface area contributed by atoms with Crippen LogP contribution in [0.25, 0.3) is 0 Å². The summed E-state index contributed by atoms with van der Waals surface area (Å²) in [7, 11) is 0. The summed E-state index contributed by atoms with van der Waals surface area (Å²) in [6.07, 6.45) is 2.86. The quantitative estimate of drug-likeness (QED) is 0.347. The molecule has 0 spiro atoms. The van der Waals surface area contributed by atoms with Crippen molar-refractivity contribution in [2.75, 3.05) is 11.5 Å². The molecule has 2 aromatic carbocycles. The number of rotatable bonds is 2. The van der Waals surface area contributed by atoms with Crippen LogP contribution >= 0.6 is 46.8 Å². The van der Waals surface area contributed by atoms with E-state index >= 15 is 0 Å². The number of amides is 4. The van der Waals surface area contributed by atoms with E-state index in [0.717, 1.165) is 29.9 Å². The van der Waals surface area contributed by atoms with E-state index in [1.54, 1.807) is 0 Å². The highest BCUT2D eigenvalue weighted by Gasteiger charge is 2.28. The van der Waals surface area contributed by atoms with Crippen molar-refractivity contribution < 1.29 is 19.2 Å². The molecule has 172 valence electrons. The van der Waals surface area contributed by atoms with Gasteiger partial charge in [-0.1, -0.05) is 47.5 Å². The van der Waals surface area contributed by atoms with Gasteiger partial charge in [0.25, 0.3) is 23.6 Å². The van der Waals surface area contributed by atoms with Crippen molar-refractivity contribution in [3.8, 4) is 0 Å². The standard InChI is InChI=1S/C13H14N2.2C4HCl2NO2/c14-12-5-1-10(2-6-12)9-11-3-7-13(15)8-4-11;2*5-2-1-3(8)7(6)4(2)9/h1-8H,9,14-15H2;2*1H. The first-order chi connectivity index (χ1) is 15.5. The van der Waals surface area contributed by atoms with Crippen molar-refractivity contribution in [1.29, 1.82) is 0 Å². The Balaban J connectivity index is 0.000000186. The fourth-order valence-corrected chi connectivity index (χ4v) is 3.07. The molecule has 0 saturated carbocycles. The molecule has 2 aromatic rings. The minimum atomic E-state index is -0.664. The third-order valence-corrected chi connectivity index (χ3v) is 5.20. The van der Waals surface area contributed by atoms with Gasteiger partial charge in [-0.3, -0.25) is 19.2 Å². The summed E-state index contributed by atoms with van der Waals surface area (Å²) < 4.78 is 0.866. The van der Waals surface area contributed by atoms with Gasteiger partial charge in [0.05, 0.1) is 0 Å². The van der Waals surface area contributed by atoms with Crippen LogP contribution in [0.5, 0.6) is 0 Å². The molecule has 2 heterocycles. The maximum Gasteiger partial charge on any atom is 0.287 e. The molecule has 0 aliphatic carbocycles. The molecule has 4 N–H and O–H groups in total. The average molecular weight is 530 g/mol. The Morgan fingerprint density at radius 1 is 0.606 bits per heavy atom. The lowest BCUT2D eigenvalue weighted by molar-refractivity contribution is -0.132. The zero-order chi connectivity index (χ0) is 24.7. The number of hydrogen-bond donors (Lipinski definition) is 2. The fraction of sp³-hybridized carbons (Fsp3) is 0.0476. The van der Waals surface area contributed by atoms with Gasteiger partial charge in [-0.25, -0.2) is 0 Å². The molecule has 4 rings (SSSR count). The monoisotopic (exact) mass is 528 g/mol. The lowest BCUT2D eigenvalue weighted by atomic mass is 10.0. The second-order valence-corrected chi connectivity index (χ2v) is 7.98. The van der Waals surface area contributed by atoms with Crippen LogP contribution in [0.2, 0.25) is 0 Å². The van der Waals surface area contributed by atoms with Gasteiger partial charge < -0.3 is 11.5 Å².